The van der Waals surface area contributed by atoms with Crippen LogP contribution in [0.3, 0.4) is 0 Å². The molecule has 18 aromatic carbocycles. The molecule has 0 N–H and O–H groups in total. The quantitative estimate of drug-likeness (QED) is 0.147. The zero-order valence-corrected chi connectivity index (χ0v) is 67.9. The van der Waals surface area contributed by atoms with Crippen molar-refractivity contribution in [2.75, 3.05) is 0 Å². The maximum absolute atomic E-state index is 9.61. The van der Waals surface area contributed by atoms with Crippen LogP contribution >= 0.6 is 23.5 Å². The summed E-state index contributed by atoms with van der Waals surface area (Å²) in [5, 5.41) is 18.9. The van der Waals surface area contributed by atoms with Crippen molar-refractivity contribution in [3.63, 3.8) is 0 Å². The first-order chi connectivity index (χ1) is 60.9. The third-order valence-corrected chi connectivity index (χ3v) is 28.3. The van der Waals surface area contributed by atoms with Gasteiger partial charge in [0.1, 0.15) is 0 Å². The molecule has 0 saturated heterocycles. The number of benzene rings is 18. The van der Waals surface area contributed by atoms with Gasteiger partial charge < -0.3 is 4.57 Å². The summed E-state index contributed by atoms with van der Waals surface area (Å²) in [6.45, 7) is 0. The molecule has 123 heavy (non-hydrogen) atoms. The zero-order valence-electron chi connectivity index (χ0n) is 66.3. The lowest BCUT2D eigenvalue weighted by Gasteiger charge is -2.39. The summed E-state index contributed by atoms with van der Waals surface area (Å²) in [4.78, 5) is 26.5. The molecule has 2 spiro atoms. The fraction of sp³-hybridized carbons (Fsp3) is 0.0174. The number of nitrogens with zero attached hydrogens (tertiary/aromatic N) is 6. The summed E-state index contributed by atoms with van der Waals surface area (Å²) in [5.41, 5.74) is 35.0. The van der Waals surface area contributed by atoms with Crippen LogP contribution in [0.4, 0.5) is 0 Å². The highest BCUT2D eigenvalue weighted by atomic mass is 32.2. The Kier molecular flexibility index (Phi) is 16.0. The highest BCUT2D eigenvalue weighted by molar-refractivity contribution is 7.99. The molecule has 6 heterocycles. The standard InChI is InChI=1S/C58H35N3S.C57H33N3S/c1-3-15-37(16-4-1)56-57(38-17-5-2-6-18-38)61-52-33-40(31-32-51(52)60-56)36-27-29-39(30-28-36)55-45-34-44-41-19-7-9-21-46(41)58(49(44)35-43(45)42-20-8-12-24-50(42)59-55)47-22-10-13-25-53(47)62-54-26-14-11-23-48(54)58;58-34-35-21-30-53-45(31-35)42-13-3-8-18-52(42)60(53)39-28-26-37(27-29-39)36-22-24-38(25-23-36)56-46-32-44-40-11-1-4-14-47(40)57(50(44)33-43(46)41-12-2-7-17-51(41)59-56)48-15-5-9-19-54(48)61-55-20-10-6-16-49(55)57/h1-35H;1-33H. The number of para-hydroxylation sites is 3. The van der Waals surface area contributed by atoms with Crippen molar-refractivity contribution in [3.05, 3.63) is 463 Å². The Morgan fingerprint density at radius 2 is 0.585 bits per heavy atom. The largest absolute Gasteiger partial charge is 0.309 e. The Morgan fingerprint density at radius 1 is 0.220 bits per heavy atom. The minimum atomic E-state index is -0.444. The van der Waals surface area contributed by atoms with E-state index in [2.05, 4.69) is 399 Å². The van der Waals surface area contributed by atoms with Gasteiger partial charge in [0.2, 0.25) is 0 Å². The summed E-state index contributed by atoms with van der Waals surface area (Å²) in [5.74, 6) is 0. The molecule has 26 rings (SSSR count). The maximum Gasteiger partial charge on any atom is 0.0991 e. The van der Waals surface area contributed by atoms with Crippen molar-refractivity contribution in [3.8, 4) is 101 Å². The molecule has 6 nitrogen and oxygen atoms in total. The van der Waals surface area contributed by atoms with Crippen LogP contribution in [0.1, 0.15) is 50.1 Å². The molecule has 0 radical (unpaired) electrons. The van der Waals surface area contributed by atoms with Gasteiger partial charge in [-0.05, 0) is 209 Å². The Bertz CT molecular complexity index is 8160. The van der Waals surface area contributed by atoms with Crippen molar-refractivity contribution in [2.24, 2.45) is 0 Å². The molecule has 0 fully saturated rings. The summed E-state index contributed by atoms with van der Waals surface area (Å²) in [6, 6.07) is 152. The molecule has 2 aliphatic heterocycles. The molecule has 4 aliphatic rings. The predicted molar refractivity (Wildman–Crippen MR) is 506 cm³/mol. The van der Waals surface area contributed by atoms with E-state index >= 15 is 0 Å². The van der Waals surface area contributed by atoms with Crippen molar-refractivity contribution in [1.82, 2.24) is 24.5 Å². The molecular weight excluding hydrogens is 1530 g/mol. The van der Waals surface area contributed by atoms with E-state index in [1.165, 1.54) is 97.1 Å². The van der Waals surface area contributed by atoms with E-state index < -0.39 is 10.8 Å². The van der Waals surface area contributed by atoms with Gasteiger partial charge in [-0.1, -0.05) is 327 Å². The van der Waals surface area contributed by atoms with Gasteiger partial charge in [-0.3, -0.25) is 0 Å². The van der Waals surface area contributed by atoms with Crippen LogP contribution in [-0.4, -0.2) is 24.5 Å². The third-order valence-electron chi connectivity index (χ3n) is 26.0. The van der Waals surface area contributed by atoms with Crippen LogP contribution < -0.4 is 0 Å². The molecule has 22 aromatic rings. The van der Waals surface area contributed by atoms with Crippen molar-refractivity contribution in [2.45, 2.75) is 30.4 Å². The highest BCUT2D eigenvalue weighted by Crippen LogP contribution is 2.65. The van der Waals surface area contributed by atoms with Crippen LogP contribution in [0.25, 0.3) is 171 Å². The predicted octanol–water partition coefficient (Wildman–Crippen LogP) is 29.3. The number of hydrogen-bond donors (Lipinski definition) is 0. The first-order valence-corrected chi connectivity index (χ1v) is 43.4. The van der Waals surface area contributed by atoms with Gasteiger partial charge in [-0.2, -0.15) is 5.26 Å². The van der Waals surface area contributed by atoms with E-state index in [0.29, 0.717) is 5.56 Å². The lowest BCUT2D eigenvalue weighted by Crippen LogP contribution is -2.31. The van der Waals surface area contributed by atoms with Crippen LogP contribution in [0, 0.1) is 11.3 Å². The minimum Gasteiger partial charge on any atom is -0.309 e. The van der Waals surface area contributed by atoms with Crippen LogP contribution in [0.15, 0.2) is 432 Å². The number of rotatable bonds is 7. The Balaban J connectivity index is 0.000000135. The number of nitriles is 1. The lowest BCUT2D eigenvalue weighted by molar-refractivity contribution is 0.723. The van der Waals surface area contributed by atoms with E-state index in [0.717, 1.165) is 138 Å². The Labute approximate surface area is 718 Å². The first-order valence-electron chi connectivity index (χ1n) is 41.8. The molecule has 4 aromatic heterocycles. The van der Waals surface area contributed by atoms with Crippen molar-refractivity contribution < 1.29 is 0 Å². The van der Waals surface area contributed by atoms with Crippen LogP contribution in [0.2, 0.25) is 0 Å². The van der Waals surface area contributed by atoms with Gasteiger partial charge in [-0.15, -0.1) is 0 Å². The topological polar surface area (TPSA) is 80.3 Å². The highest BCUT2D eigenvalue weighted by Gasteiger charge is 2.52. The monoisotopic (exact) mass is 1600 g/mol. The Morgan fingerprint density at radius 3 is 1.07 bits per heavy atom. The van der Waals surface area contributed by atoms with Gasteiger partial charge in [0.05, 0.1) is 78.3 Å². The van der Waals surface area contributed by atoms with E-state index in [4.69, 9.17) is 19.9 Å². The molecule has 8 heteroatoms. The van der Waals surface area contributed by atoms with E-state index in [1.54, 1.807) is 0 Å². The first kappa shape index (κ1) is 70.6. The summed E-state index contributed by atoms with van der Waals surface area (Å²) in [6.07, 6.45) is 0. The molecule has 570 valence electrons. The molecule has 0 saturated carbocycles. The van der Waals surface area contributed by atoms with E-state index in [9.17, 15) is 5.26 Å². The van der Waals surface area contributed by atoms with Gasteiger partial charge in [0, 0.05) is 79.8 Å². The number of aromatic nitrogens is 5. The molecule has 0 bridgehead atoms. The smallest absolute Gasteiger partial charge is 0.0991 e. The zero-order chi connectivity index (χ0) is 81.0. The second-order valence-electron chi connectivity index (χ2n) is 32.4. The van der Waals surface area contributed by atoms with Gasteiger partial charge >= 0.3 is 0 Å². The summed E-state index contributed by atoms with van der Waals surface area (Å²) >= 11 is 3.76. The van der Waals surface area contributed by atoms with Gasteiger partial charge in [0.15, 0.2) is 0 Å². The summed E-state index contributed by atoms with van der Waals surface area (Å²) in [7, 11) is 0. The lowest BCUT2D eigenvalue weighted by atomic mass is 9.67. The third kappa shape index (κ3) is 10.7. The fourth-order valence-electron chi connectivity index (χ4n) is 20.6. The summed E-state index contributed by atoms with van der Waals surface area (Å²) < 4.78 is 2.29. The average Bonchev–Trinajstić information content (AvgIpc) is 1.54. The molecular formula is C115H68N6S2. The SMILES string of the molecule is N#Cc1ccc2c(c1)c1ccccc1n2-c1ccc(-c2ccc(-c3nc4ccccc4c4cc5c(cc34)-c3ccccc3C53c4ccccc4Sc4ccccc43)cc2)cc1.c1ccc(-c2nc3ccc(-c4ccc(-c5nc6ccccc6c6cc7c(cc56)-c5ccccc5C75c6ccccc6Sc6ccccc65)cc4)cc3nc2-c2ccccc2)cc1. The van der Waals surface area contributed by atoms with Crippen molar-refractivity contribution >= 4 is 99.7 Å². The number of hydrogen-bond acceptors (Lipinski definition) is 7. The maximum atomic E-state index is 9.61. The average molecular weight is 1600 g/mol. The minimum absolute atomic E-state index is 0.442. The second kappa shape index (κ2) is 27.9. The van der Waals surface area contributed by atoms with Crippen molar-refractivity contribution in [1.29, 1.82) is 5.26 Å². The fourth-order valence-corrected chi connectivity index (χ4v) is 23.0. The molecule has 0 amide bonds. The number of pyridine rings is 2. The number of fused-ring (bicyclic) bond motifs is 28. The second-order valence-corrected chi connectivity index (χ2v) is 34.5. The van der Waals surface area contributed by atoms with E-state index in [1.807, 2.05) is 47.8 Å². The Hall–Kier alpha value is -15.4. The van der Waals surface area contributed by atoms with Crippen LogP contribution in [0.5, 0.6) is 0 Å². The van der Waals surface area contributed by atoms with Gasteiger partial charge in [-0.25, -0.2) is 19.9 Å². The molecule has 2 aliphatic carbocycles. The van der Waals surface area contributed by atoms with Crippen LogP contribution in [-0.2, 0) is 10.8 Å². The molecule has 0 unspecified atom stereocenters. The normalized spacial score (nSPS) is 13.3. The van der Waals surface area contributed by atoms with E-state index in [-0.39, 0.29) is 0 Å². The molecule has 0 atom stereocenters. The van der Waals surface area contributed by atoms with Gasteiger partial charge in [0.25, 0.3) is 0 Å².